The number of halogens is 1. The van der Waals surface area contributed by atoms with Crippen LogP contribution < -0.4 is 5.32 Å². The summed E-state index contributed by atoms with van der Waals surface area (Å²) in [6.07, 6.45) is 2.37. The fourth-order valence-electron chi connectivity index (χ4n) is 4.14. The molecule has 2 fully saturated rings. The summed E-state index contributed by atoms with van der Waals surface area (Å²) in [5.41, 5.74) is 0. The Hall–Kier alpha value is -0.710. The van der Waals surface area contributed by atoms with Crippen LogP contribution >= 0.6 is 22.9 Å². The first-order valence-electron chi connectivity index (χ1n) is 10.7. The molecule has 2 aliphatic heterocycles. The number of carbonyl (C=O) groups is 1. The van der Waals surface area contributed by atoms with Crippen molar-refractivity contribution in [2.75, 3.05) is 59.4 Å². The van der Waals surface area contributed by atoms with Crippen LogP contribution in [0, 0.1) is 11.8 Å². The van der Waals surface area contributed by atoms with E-state index in [9.17, 15) is 13.2 Å². The first-order chi connectivity index (χ1) is 14.3. The van der Waals surface area contributed by atoms with Gasteiger partial charge < -0.3 is 15.1 Å². The molecule has 0 aromatic carbocycles. The Bertz CT molecular complexity index is 801. The van der Waals surface area contributed by atoms with Gasteiger partial charge in [0.15, 0.2) is 0 Å². The second kappa shape index (κ2) is 10.7. The number of rotatable bonds is 8. The van der Waals surface area contributed by atoms with Crippen molar-refractivity contribution < 1.29 is 13.2 Å². The maximum absolute atomic E-state index is 12.7. The summed E-state index contributed by atoms with van der Waals surface area (Å²) in [7, 11) is -1.33. The molecule has 10 heteroatoms. The number of piperazine rings is 1. The summed E-state index contributed by atoms with van der Waals surface area (Å²) in [4.78, 5) is 17.4. The average molecular weight is 477 g/mol. The molecule has 1 amide bonds. The first kappa shape index (κ1) is 23.9. The van der Waals surface area contributed by atoms with Crippen LogP contribution in [0.4, 0.5) is 0 Å². The summed E-state index contributed by atoms with van der Waals surface area (Å²) < 4.78 is 27.7. The van der Waals surface area contributed by atoms with E-state index in [-0.39, 0.29) is 22.0 Å². The number of carbonyl (C=O) groups excluding carboxylic acids is 1. The lowest BCUT2D eigenvalue weighted by Crippen LogP contribution is -2.45. The van der Waals surface area contributed by atoms with E-state index in [1.165, 1.54) is 4.31 Å². The van der Waals surface area contributed by atoms with Gasteiger partial charge in [0.1, 0.15) is 4.21 Å². The lowest BCUT2D eigenvalue weighted by molar-refractivity contribution is -0.126. The average Bonchev–Trinajstić information content (AvgIpc) is 3.19. The van der Waals surface area contributed by atoms with Crippen LogP contribution in [0.3, 0.4) is 0 Å². The minimum Gasteiger partial charge on any atom is -0.356 e. The number of hydrogen-bond donors (Lipinski definition) is 1. The van der Waals surface area contributed by atoms with Crippen LogP contribution in [-0.4, -0.2) is 87.8 Å². The molecule has 2 aliphatic rings. The Morgan fingerprint density at radius 1 is 1.20 bits per heavy atom. The fraction of sp³-hybridized carbons (Fsp3) is 0.750. The highest BCUT2D eigenvalue weighted by molar-refractivity contribution is 7.91. The molecule has 0 bridgehead atoms. The van der Waals surface area contributed by atoms with E-state index in [1.807, 2.05) is 6.92 Å². The molecule has 1 unspecified atom stereocenters. The molecule has 0 spiro atoms. The van der Waals surface area contributed by atoms with Crippen molar-refractivity contribution in [3.63, 3.8) is 0 Å². The SMILES string of the molecule is CC(C(=O)NCCCN1CCN(C)CC1)C1CCN(S(=O)(=O)c2ccc(Cl)s2)CC1. The number of likely N-dealkylation sites (N-methyl/N-ethyl adjacent to an activating group) is 1. The normalized spacial score (nSPS) is 21.6. The number of amides is 1. The van der Waals surface area contributed by atoms with Gasteiger partial charge >= 0.3 is 0 Å². The Kier molecular flexibility index (Phi) is 8.57. The lowest BCUT2D eigenvalue weighted by atomic mass is 9.85. The number of piperidine rings is 1. The maximum atomic E-state index is 12.7. The minimum absolute atomic E-state index is 0.0831. The van der Waals surface area contributed by atoms with Gasteiger partial charge in [-0.05, 0) is 50.9 Å². The molecule has 0 aliphatic carbocycles. The Morgan fingerprint density at radius 3 is 2.47 bits per heavy atom. The highest BCUT2D eigenvalue weighted by atomic mass is 35.5. The van der Waals surface area contributed by atoms with Gasteiger partial charge in [0.25, 0.3) is 10.0 Å². The second-order valence-corrected chi connectivity index (χ2v) is 12.3. The van der Waals surface area contributed by atoms with Crippen molar-refractivity contribution in [1.29, 1.82) is 0 Å². The third kappa shape index (κ3) is 6.17. The number of thiophene rings is 1. The van der Waals surface area contributed by atoms with Crippen molar-refractivity contribution >= 4 is 38.9 Å². The van der Waals surface area contributed by atoms with Crippen molar-refractivity contribution in [2.45, 2.75) is 30.4 Å². The van der Waals surface area contributed by atoms with Gasteiger partial charge in [-0.2, -0.15) is 4.31 Å². The van der Waals surface area contributed by atoms with Crippen LogP contribution in [0.2, 0.25) is 4.34 Å². The third-order valence-electron chi connectivity index (χ3n) is 6.31. The Balaban J connectivity index is 1.38. The quantitative estimate of drug-likeness (QED) is 0.582. The summed E-state index contributed by atoms with van der Waals surface area (Å²) in [6, 6.07) is 3.18. The summed E-state index contributed by atoms with van der Waals surface area (Å²) >= 11 is 6.98. The number of nitrogens with one attached hydrogen (secondary N) is 1. The summed E-state index contributed by atoms with van der Waals surface area (Å²) in [5.74, 6) is 0.190. The molecule has 1 N–H and O–H groups in total. The van der Waals surface area contributed by atoms with Crippen molar-refractivity contribution in [3.8, 4) is 0 Å². The van der Waals surface area contributed by atoms with Crippen molar-refractivity contribution in [2.24, 2.45) is 11.8 Å². The molecular weight excluding hydrogens is 444 g/mol. The largest absolute Gasteiger partial charge is 0.356 e. The topological polar surface area (TPSA) is 73.0 Å². The van der Waals surface area contributed by atoms with E-state index >= 15 is 0 Å². The molecule has 0 saturated carbocycles. The zero-order valence-electron chi connectivity index (χ0n) is 17.8. The lowest BCUT2D eigenvalue weighted by Gasteiger charge is -2.33. The van der Waals surface area contributed by atoms with Crippen LogP contribution in [-0.2, 0) is 14.8 Å². The molecule has 1 atom stereocenters. The van der Waals surface area contributed by atoms with E-state index in [0.717, 1.165) is 50.5 Å². The Morgan fingerprint density at radius 2 is 1.87 bits per heavy atom. The number of nitrogens with zero attached hydrogens (tertiary/aromatic N) is 3. The standard InChI is InChI=1S/C20H33ClN4O3S2/c1-16(20(26)22-8-3-9-24-14-12-23(2)13-15-24)17-6-10-25(11-7-17)30(27,28)19-5-4-18(21)29-19/h4-5,16-17H,3,6-15H2,1-2H3,(H,22,26). The highest BCUT2D eigenvalue weighted by Crippen LogP contribution is 2.32. The molecule has 170 valence electrons. The van der Waals surface area contributed by atoms with Crippen molar-refractivity contribution in [1.82, 2.24) is 19.4 Å². The molecule has 1 aromatic rings. The third-order valence-corrected chi connectivity index (χ3v) is 9.91. The van der Waals surface area contributed by atoms with E-state index < -0.39 is 10.0 Å². The molecule has 2 saturated heterocycles. The van der Waals surface area contributed by atoms with Gasteiger partial charge in [-0.25, -0.2) is 8.42 Å². The molecule has 3 heterocycles. The van der Waals surface area contributed by atoms with Gasteiger partial charge in [-0.15, -0.1) is 11.3 Å². The first-order valence-corrected chi connectivity index (χ1v) is 13.3. The highest BCUT2D eigenvalue weighted by Gasteiger charge is 2.34. The number of hydrogen-bond acceptors (Lipinski definition) is 6. The summed E-state index contributed by atoms with van der Waals surface area (Å²) in [5, 5.41) is 3.08. The van der Waals surface area contributed by atoms with Gasteiger partial charge in [-0.3, -0.25) is 4.79 Å². The predicted octanol–water partition coefficient (Wildman–Crippen LogP) is 2.19. The van der Waals surface area contributed by atoms with E-state index in [4.69, 9.17) is 11.6 Å². The van der Waals surface area contributed by atoms with Gasteiger partial charge in [0.2, 0.25) is 5.91 Å². The molecule has 1 aromatic heterocycles. The molecule has 0 radical (unpaired) electrons. The molecular formula is C20H33ClN4O3S2. The van der Waals surface area contributed by atoms with Crippen LogP contribution in [0.1, 0.15) is 26.2 Å². The number of sulfonamides is 1. The summed E-state index contributed by atoms with van der Waals surface area (Å²) in [6.45, 7) is 8.98. The van der Waals surface area contributed by atoms with E-state index in [2.05, 4.69) is 22.2 Å². The zero-order chi connectivity index (χ0) is 21.7. The monoisotopic (exact) mass is 476 g/mol. The smallest absolute Gasteiger partial charge is 0.252 e. The van der Waals surface area contributed by atoms with Gasteiger partial charge in [0, 0.05) is 51.7 Å². The van der Waals surface area contributed by atoms with Gasteiger partial charge in [0.05, 0.1) is 4.34 Å². The van der Waals surface area contributed by atoms with E-state index in [1.54, 1.807) is 12.1 Å². The second-order valence-electron chi connectivity index (χ2n) is 8.38. The zero-order valence-corrected chi connectivity index (χ0v) is 20.2. The Labute approximate surface area is 189 Å². The van der Waals surface area contributed by atoms with Crippen LogP contribution in [0.25, 0.3) is 0 Å². The van der Waals surface area contributed by atoms with Gasteiger partial charge in [-0.1, -0.05) is 18.5 Å². The predicted molar refractivity (Wildman–Crippen MR) is 122 cm³/mol. The maximum Gasteiger partial charge on any atom is 0.252 e. The van der Waals surface area contributed by atoms with Crippen LogP contribution in [0.5, 0.6) is 0 Å². The molecule has 3 rings (SSSR count). The van der Waals surface area contributed by atoms with Crippen molar-refractivity contribution in [3.05, 3.63) is 16.5 Å². The minimum atomic E-state index is -3.48. The van der Waals surface area contributed by atoms with E-state index in [0.29, 0.717) is 36.8 Å². The molecule has 7 nitrogen and oxygen atoms in total. The van der Waals surface area contributed by atoms with Crippen LogP contribution in [0.15, 0.2) is 16.3 Å². The molecule has 30 heavy (non-hydrogen) atoms. The fourth-order valence-corrected chi connectivity index (χ4v) is 7.25.